The zero-order valence-corrected chi connectivity index (χ0v) is 15.7. The average Bonchev–Trinajstić information content (AvgIpc) is 2.79. The summed E-state index contributed by atoms with van der Waals surface area (Å²) in [5, 5.41) is 5.19. The van der Waals surface area contributed by atoms with Gasteiger partial charge in [0, 0.05) is 5.39 Å². The first kappa shape index (κ1) is 18.4. The minimum Gasteiger partial charge on any atom is -0.497 e. The molecule has 0 aliphatic rings. The van der Waals surface area contributed by atoms with Crippen molar-refractivity contribution >= 4 is 16.7 Å². The SMILES string of the molecule is COc1ccc(COC(=O)c2nn(-c3ccccc3)c(=O)c3ccccc23)cc1. The lowest BCUT2D eigenvalue weighted by Crippen LogP contribution is -2.25. The minimum absolute atomic E-state index is 0.0866. The third-order valence-electron chi connectivity index (χ3n) is 4.53. The molecule has 0 aliphatic heterocycles. The van der Waals surface area contributed by atoms with Gasteiger partial charge in [-0.05, 0) is 35.9 Å². The number of nitrogens with zero attached hydrogens (tertiary/aromatic N) is 2. The van der Waals surface area contributed by atoms with Crippen LogP contribution >= 0.6 is 0 Å². The number of rotatable bonds is 5. The highest BCUT2D eigenvalue weighted by atomic mass is 16.5. The molecule has 0 spiro atoms. The van der Waals surface area contributed by atoms with Crippen LogP contribution in [0.15, 0.2) is 83.7 Å². The molecule has 0 bridgehead atoms. The molecular weight excluding hydrogens is 368 g/mol. The van der Waals surface area contributed by atoms with Crippen LogP contribution in [0.3, 0.4) is 0 Å². The van der Waals surface area contributed by atoms with Crippen molar-refractivity contribution in [2.24, 2.45) is 0 Å². The van der Waals surface area contributed by atoms with Crippen molar-refractivity contribution in [2.75, 3.05) is 7.11 Å². The summed E-state index contributed by atoms with van der Waals surface area (Å²) in [4.78, 5) is 25.7. The molecule has 4 rings (SSSR count). The highest BCUT2D eigenvalue weighted by Gasteiger charge is 2.18. The summed E-state index contributed by atoms with van der Waals surface area (Å²) < 4.78 is 11.8. The van der Waals surface area contributed by atoms with Gasteiger partial charge in [0.15, 0.2) is 5.69 Å². The Kier molecular flexibility index (Phi) is 5.07. The predicted octanol–water partition coefficient (Wildman–Crippen LogP) is 3.75. The molecule has 0 fully saturated rings. The van der Waals surface area contributed by atoms with E-state index in [-0.39, 0.29) is 17.9 Å². The Bertz CT molecular complexity index is 1220. The second-order valence-corrected chi connectivity index (χ2v) is 6.37. The fourth-order valence-electron chi connectivity index (χ4n) is 3.02. The lowest BCUT2D eigenvalue weighted by atomic mass is 10.1. The number of aromatic nitrogens is 2. The molecule has 0 unspecified atom stereocenters. The number of carbonyl (C=O) groups is 1. The second kappa shape index (κ2) is 7.98. The van der Waals surface area contributed by atoms with E-state index in [1.54, 1.807) is 67.8 Å². The summed E-state index contributed by atoms with van der Waals surface area (Å²) >= 11 is 0. The highest BCUT2D eigenvalue weighted by molar-refractivity contribution is 6.02. The van der Waals surface area contributed by atoms with Gasteiger partial charge in [-0.1, -0.05) is 48.5 Å². The molecule has 0 N–H and O–H groups in total. The van der Waals surface area contributed by atoms with Crippen LogP contribution in [0.1, 0.15) is 16.1 Å². The Morgan fingerprint density at radius 1 is 0.897 bits per heavy atom. The maximum atomic E-state index is 12.9. The van der Waals surface area contributed by atoms with Crippen LogP contribution in [0.2, 0.25) is 0 Å². The van der Waals surface area contributed by atoms with Crippen LogP contribution in [0, 0.1) is 0 Å². The number of carbonyl (C=O) groups excluding carboxylic acids is 1. The van der Waals surface area contributed by atoms with E-state index in [1.165, 1.54) is 4.68 Å². The molecule has 4 aromatic rings. The summed E-state index contributed by atoms with van der Waals surface area (Å²) in [6.45, 7) is 0.0866. The summed E-state index contributed by atoms with van der Waals surface area (Å²) in [7, 11) is 1.59. The molecular formula is C23H18N2O4. The molecule has 6 nitrogen and oxygen atoms in total. The zero-order valence-electron chi connectivity index (χ0n) is 15.7. The first-order valence-electron chi connectivity index (χ1n) is 9.05. The molecule has 29 heavy (non-hydrogen) atoms. The quantitative estimate of drug-likeness (QED) is 0.489. The number of para-hydroxylation sites is 1. The Labute approximate surface area is 166 Å². The smallest absolute Gasteiger partial charge is 0.359 e. The fraction of sp³-hybridized carbons (Fsp3) is 0.0870. The third-order valence-corrected chi connectivity index (χ3v) is 4.53. The maximum Gasteiger partial charge on any atom is 0.359 e. The van der Waals surface area contributed by atoms with Crippen molar-refractivity contribution in [3.8, 4) is 11.4 Å². The van der Waals surface area contributed by atoms with Crippen molar-refractivity contribution in [3.63, 3.8) is 0 Å². The number of methoxy groups -OCH3 is 1. The van der Waals surface area contributed by atoms with Crippen molar-refractivity contribution < 1.29 is 14.3 Å². The minimum atomic E-state index is -0.596. The molecule has 0 atom stereocenters. The van der Waals surface area contributed by atoms with Gasteiger partial charge in [-0.3, -0.25) is 4.79 Å². The van der Waals surface area contributed by atoms with Gasteiger partial charge in [0.1, 0.15) is 12.4 Å². The van der Waals surface area contributed by atoms with Gasteiger partial charge in [-0.15, -0.1) is 0 Å². The molecule has 0 aliphatic carbocycles. The van der Waals surface area contributed by atoms with Crippen molar-refractivity contribution in [1.29, 1.82) is 0 Å². The van der Waals surface area contributed by atoms with E-state index >= 15 is 0 Å². The molecule has 0 saturated carbocycles. The topological polar surface area (TPSA) is 70.4 Å². The maximum absolute atomic E-state index is 12.9. The third kappa shape index (κ3) is 3.73. The predicted molar refractivity (Wildman–Crippen MR) is 109 cm³/mol. The Morgan fingerprint density at radius 3 is 2.24 bits per heavy atom. The van der Waals surface area contributed by atoms with Crippen LogP contribution in [-0.4, -0.2) is 22.9 Å². The van der Waals surface area contributed by atoms with Crippen LogP contribution in [-0.2, 0) is 11.3 Å². The molecule has 0 saturated heterocycles. The van der Waals surface area contributed by atoms with Crippen molar-refractivity contribution in [2.45, 2.75) is 6.61 Å². The van der Waals surface area contributed by atoms with Gasteiger partial charge < -0.3 is 9.47 Å². The first-order valence-corrected chi connectivity index (χ1v) is 9.05. The summed E-state index contributed by atoms with van der Waals surface area (Å²) in [5.74, 6) is 0.129. The van der Waals surface area contributed by atoms with Gasteiger partial charge in [0.25, 0.3) is 5.56 Å². The van der Waals surface area contributed by atoms with E-state index in [1.807, 2.05) is 18.2 Å². The number of fused-ring (bicyclic) bond motifs is 1. The summed E-state index contributed by atoms with van der Waals surface area (Å²) in [5.41, 5.74) is 1.20. The van der Waals surface area contributed by atoms with Crippen LogP contribution < -0.4 is 10.3 Å². The average molecular weight is 386 g/mol. The van der Waals surface area contributed by atoms with Crippen LogP contribution in [0.5, 0.6) is 5.75 Å². The van der Waals surface area contributed by atoms with Crippen LogP contribution in [0.25, 0.3) is 16.5 Å². The molecule has 6 heteroatoms. The van der Waals surface area contributed by atoms with E-state index in [0.717, 1.165) is 11.3 Å². The molecule has 0 radical (unpaired) electrons. The number of hydrogen-bond acceptors (Lipinski definition) is 5. The molecule has 3 aromatic carbocycles. The lowest BCUT2D eigenvalue weighted by Gasteiger charge is -2.11. The van der Waals surface area contributed by atoms with Gasteiger partial charge in [-0.25, -0.2) is 4.79 Å². The Balaban J connectivity index is 1.71. The Morgan fingerprint density at radius 2 is 1.55 bits per heavy atom. The van der Waals surface area contributed by atoms with Gasteiger partial charge in [0.2, 0.25) is 0 Å². The van der Waals surface area contributed by atoms with E-state index < -0.39 is 5.97 Å². The molecule has 1 heterocycles. The Hall–Kier alpha value is -3.93. The normalized spacial score (nSPS) is 10.7. The van der Waals surface area contributed by atoms with Gasteiger partial charge in [0.05, 0.1) is 18.2 Å². The monoisotopic (exact) mass is 386 g/mol. The molecule has 144 valence electrons. The van der Waals surface area contributed by atoms with E-state index in [9.17, 15) is 9.59 Å². The molecule has 0 amide bonds. The number of ether oxygens (including phenoxy) is 2. The van der Waals surface area contributed by atoms with Crippen molar-refractivity contribution in [1.82, 2.24) is 9.78 Å². The van der Waals surface area contributed by atoms with E-state index in [0.29, 0.717) is 16.5 Å². The van der Waals surface area contributed by atoms with E-state index in [2.05, 4.69) is 5.10 Å². The second-order valence-electron chi connectivity index (χ2n) is 6.37. The number of esters is 1. The van der Waals surface area contributed by atoms with Gasteiger partial charge in [-0.2, -0.15) is 9.78 Å². The summed E-state index contributed by atoms with van der Waals surface area (Å²) in [6, 6.07) is 23.1. The van der Waals surface area contributed by atoms with Gasteiger partial charge >= 0.3 is 5.97 Å². The standard InChI is InChI=1S/C23H18N2O4/c1-28-18-13-11-16(12-14-18)15-29-23(27)21-19-9-5-6-10-20(19)22(26)25(24-21)17-7-3-2-4-8-17/h2-14H,15H2,1H3. The molecule has 1 aromatic heterocycles. The number of benzene rings is 3. The highest BCUT2D eigenvalue weighted by Crippen LogP contribution is 2.17. The van der Waals surface area contributed by atoms with E-state index in [4.69, 9.17) is 9.47 Å². The zero-order chi connectivity index (χ0) is 20.2. The van der Waals surface area contributed by atoms with Crippen LogP contribution in [0.4, 0.5) is 0 Å². The number of hydrogen-bond donors (Lipinski definition) is 0. The van der Waals surface area contributed by atoms with Crippen molar-refractivity contribution in [3.05, 3.63) is 100 Å². The fourth-order valence-corrected chi connectivity index (χ4v) is 3.02. The lowest BCUT2D eigenvalue weighted by molar-refractivity contribution is 0.0466. The summed E-state index contributed by atoms with van der Waals surface area (Å²) in [6.07, 6.45) is 0. The first-order chi connectivity index (χ1) is 14.2. The largest absolute Gasteiger partial charge is 0.497 e.